The fourth-order valence-electron chi connectivity index (χ4n) is 1.05. The highest BCUT2D eigenvalue weighted by Crippen LogP contribution is 1.93. The zero-order chi connectivity index (χ0) is 10.5. The average Bonchev–Trinajstić information content (AvgIpc) is 2.86. The van der Waals surface area contributed by atoms with E-state index in [-0.39, 0.29) is 18.9 Å². The first-order valence-corrected chi connectivity index (χ1v) is 4.32. The quantitative estimate of drug-likeness (QED) is 0.581. The van der Waals surface area contributed by atoms with E-state index in [0.717, 1.165) is 5.69 Å². The van der Waals surface area contributed by atoms with Crippen LogP contribution in [0.5, 0.6) is 0 Å². The standard InChI is InChI=1S/C7H9N7O/c15-7(3-5-1-2-9-10-5)8-4-6-11-13-14-12-6/h1-2H,3-4H2,(H,8,15)(H,9,10)(H,11,12,13,14). The Kier molecular flexibility index (Phi) is 2.68. The number of nitrogens with zero attached hydrogens (tertiary/aromatic N) is 4. The minimum Gasteiger partial charge on any atom is -0.348 e. The zero-order valence-corrected chi connectivity index (χ0v) is 7.77. The Morgan fingerprint density at radius 3 is 3.13 bits per heavy atom. The molecule has 0 unspecified atom stereocenters. The van der Waals surface area contributed by atoms with Gasteiger partial charge in [0, 0.05) is 11.9 Å². The maximum Gasteiger partial charge on any atom is 0.226 e. The number of H-pyrrole nitrogens is 2. The van der Waals surface area contributed by atoms with Crippen LogP contribution in [0.25, 0.3) is 0 Å². The van der Waals surface area contributed by atoms with Gasteiger partial charge in [-0.2, -0.15) is 10.3 Å². The van der Waals surface area contributed by atoms with Crippen LogP contribution in [0.1, 0.15) is 11.5 Å². The molecular formula is C7H9N7O. The number of hydrogen-bond donors (Lipinski definition) is 3. The van der Waals surface area contributed by atoms with Gasteiger partial charge in [-0.05, 0) is 6.07 Å². The number of tetrazole rings is 1. The van der Waals surface area contributed by atoms with Gasteiger partial charge in [0.2, 0.25) is 5.91 Å². The van der Waals surface area contributed by atoms with Gasteiger partial charge in [-0.1, -0.05) is 5.21 Å². The summed E-state index contributed by atoms with van der Waals surface area (Å²) < 4.78 is 0. The lowest BCUT2D eigenvalue weighted by molar-refractivity contribution is -0.120. The first kappa shape index (κ1) is 9.31. The highest BCUT2D eigenvalue weighted by atomic mass is 16.1. The van der Waals surface area contributed by atoms with Gasteiger partial charge in [-0.3, -0.25) is 9.89 Å². The Morgan fingerprint density at radius 2 is 2.47 bits per heavy atom. The molecule has 2 aromatic rings. The van der Waals surface area contributed by atoms with Crippen LogP contribution in [-0.4, -0.2) is 36.7 Å². The molecule has 0 aliphatic heterocycles. The molecule has 0 aliphatic rings. The summed E-state index contributed by atoms with van der Waals surface area (Å²) in [6.07, 6.45) is 1.86. The topological polar surface area (TPSA) is 112 Å². The second-order valence-corrected chi connectivity index (χ2v) is 2.86. The molecular weight excluding hydrogens is 198 g/mol. The number of rotatable bonds is 4. The summed E-state index contributed by atoms with van der Waals surface area (Å²) in [6, 6.07) is 1.74. The van der Waals surface area contributed by atoms with E-state index >= 15 is 0 Å². The molecule has 0 saturated heterocycles. The van der Waals surface area contributed by atoms with Crippen LogP contribution in [0.3, 0.4) is 0 Å². The second-order valence-electron chi connectivity index (χ2n) is 2.86. The van der Waals surface area contributed by atoms with Gasteiger partial charge in [0.05, 0.1) is 13.0 Å². The van der Waals surface area contributed by atoms with Crippen molar-refractivity contribution in [3.05, 3.63) is 23.8 Å². The number of nitrogens with one attached hydrogen (secondary N) is 3. The van der Waals surface area contributed by atoms with Crippen molar-refractivity contribution in [3.63, 3.8) is 0 Å². The maximum atomic E-state index is 11.4. The molecule has 2 heterocycles. The summed E-state index contributed by atoms with van der Waals surface area (Å²) in [7, 11) is 0. The summed E-state index contributed by atoms with van der Waals surface area (Å²) in [4.78, 5) is 11.4. The van der Waals surface area contributed by atoms with Crippen LogP contribution in [0.2, 0.25) is 0 Å². The predicted octanol–water partition coefficient (Wildman–Crippen LogP) is -1.22. The van der Waals surface area contributed by atoms with E-state index < -0.39 is 0 Å². The Morgan fingerprint density at radius 1 is 1.53 bits per heavy atom. The molecule has 0 radical (unpaired) electrons. The van der Waals surface area contributed by atoms with Crippen LogP contribution in [0.15, 0.2) is 12.3 Å². The van der Waals surface area contributed by atoms with Crippen molar-refractivity contribution >= 4 is 5.91 Å². The zero-order valence-electron chi connectivity index (χ0n) is 7.77. The van der Waals surface area contributed by atoms with Crippen molar-refractivity contribution in [2.45, 2.75) is 13.0 Å². The molecule has 0 aromatic carbocycles. The number of carbonyl (C=O) groups is 1. The van der Waals surface area contributed by atoms with Crippen molar-refractivity contribution in [3.8, 4) is 0 Å². The summed E-state index contributed by atoms with van der Waals surface area (Å²) in [6.45, 7) is 0.267. The third-order valence-corrected chi connectivity index (χ3v) is 1.74. The Labute approximate surface area is 84.5 Å². The van der Waals surface area contributed by atoms with Gasteiger partial charge in [0.1, 0.15) is 0 Å². The lowest BCUT2D eigenvalue weighted by Crippen LogP contribution is -2.25. The summed E-state index contributed by atoms with van der Waals surface area (Å²) in [5.74, 6) is 0.331. The third-order valence-electron chi connectivity index (χ3n) is 1.74. The molecule has 2 rings (SSSR count). The molecule has 0 atom stereocenters. The smallest absolute Gasteiger partial charge is 0.226 e. The van der Waals surface area contributed by atoms with E-state index in [1.807, 2.05) is 0 Å². The SMILES string of the molecule is O=C(Cc1ccn[nH]1)NCc1nn[nH]n1. The molecule has 1 amide bonds. The lowest BCUT2D eigenvalue weighted by Gasteiger charge is -1.99. The first-order valence-electron chi connectivity index (χ1n) is 4.32. The molecule has 8 nitrogen and oxygen atoms in total. The minimum atomic E-state index is -0.121. The molecule has 2 aromatic heterocycles. The van der Waals surface area contributed by atoms with E-state index in [1.54, 1.807) is 12.3 Å². The van der Waals surface area contributed by atoms with Gasteiger partial charge >= 0.3 is 0 Å². The van der Waals surface area contributed by atoms with E-state index in [1.165, 1.54) is 0 Å². The molecule has 15 heavy (non-hydrogen) atoms. The van der Waals surface area contributed by atoms with Crippen molar-refractivity contribution in [1.82, 2.24) is 36.1 Å². The van der Waals surface area contributed by atoms with Gasteiger partial charge < -0.3 is 5.32 Å². The largest absolute Gasteiger partial charge is 0.348 e. The number of hydrogen-bond acceptors (Lipinski definition) is 5. The summed E-state index contributed by atoms with van der Waals surface area (Å²) >= 11 is 0. The molecule has 0 spiro atoms. The average molecular weight is 207 g/mol. The van der Waals surface area contributed by atoms with Crippen molar-refractivity contribution in [2.24, 2.45) is 0 Å². The normalized spacial score (nSPS) is 10.1. The van der Waals surface area contributed by atoms with Gasteiger partial charge in [0.25, 0.3) is 0 Å². The van der Waals surface area contributed by atoms with Crippen molar-refractivity contribution < 1.29 is 4.79 Å². The van der Waals surface area contributed by atoms with Gasteiger partial charge in [0.15, 0.2) is 5.82 Å². The first-order chi connectivity index (χ1) is 7.34. The van der Waals surface area contributed by atoms with Gasteiger partial charge in [-0.25, -0.2) is 0 Å². The van der Waals surface area contributed by atoms with Crippen LogP contribution in [0.4, 0.5) is 0 Å². The van der Waals surface area contributed by atoms with Crippen molar-refractivity contribution in [1.29, 1.82) is 0 Å². The number of carbonyl (C=O) groups excluding carboxylic acids is 1. The monoisotopic (exact) mass is 207 g/mol. The van der Waals surface area contributed by atoms with Crippen LogP contribution in [-0.2, 0) is 17.8 Å². The summed E-state index contributed by atoms with van der Waals surface area (Å²) in [5.41, 5.74) is 0.764. The highest BCUT2D eigenvalue weighted by Gasteiger charge is 2.05. The summed E-state index contributed by atoms with van der Waals surface area (Å²) in [5, 5.41) is 22.2. The van der Waals surface area contributed by atoms with E-state index in [2.05, 4.69) is 36.1 Å². The third kappa shape index (κ3) is 2.59. The fraction of sp³-hybridized carbons (Fsp3) is 0.286. The molecule has 3 N–H and O–H groups in total. The molecule has 0 bridgehead atoms. The number of aromatic nitrogens is 6. The van der Waals surface area contributed by atoms with Crippen molar-refractivity contribution in [2.75, 3.05) is 0 Å². The molecule has 8 heteroatoms. The Balaban J connectivity index is 1.78. The molecule has 0 saturated carbocycles. The fourth-order valence-corrected chi connectivity index (χ4v) is 1.05. The Hall–Kier alpha value is -2.25. The number of aromatic amines is 2. The molecule has 0 fully saturated rings. The van der Waals surface area contributed by atoms with E-state index in [4.69, 9.17) is 0 Å². The lowest BCUT2D eigenvalue weighted by atomic mass is 10.3. The second kappa shape index (κ2) is 4.31. The number of amides is 1. The highest BCUT2D eigenvalue weighted by molar-refractivity contribution is 5.77. The van der Waals surface area contributed by atoms with E-state index in [0.29, 0.717) is 5.82 Å². The predicted molar refractivity (Wildman–Crippen MR) is 48.3 cm³/mol. The van der Waals surface area contributed by atoms with Gasteiger partial charge in [-0.15, -0.1) is 10.2 Å². The van der Waals surface area contributed by atoms with Crippen LogP contribution in [0, 0.1) is 0 Å². The molecule has 0 aliphatic carbocycles. The Bertz CT molecular complexity index is 406. The van der Waals surface area contributed by atoms with Crippen LogP contribution >= 0.6 is 0 Å². The van der Waals surface area contributed by atoms with E-state index in [9.17, 15) is 4.79 Å². The molecule has 78 valence electrons. The minimum absolute atomic E-state index is 0.121. The van der Waals surface area contributed by atoms with Crippen LogP contribution < -0.4 is 5.32 Å². The maximum absolute atomic E-state index is 11.4.